The zero-order valence-corrected chi connectivity index (χ0v) is 19.7. The number of benzene rings is 3. The van der Waals surface area contributed by atoms with Gasteiger partial charge in [0, 0.05) is 29.3 Å². The van der Waals surface area contributed by atoms with E-state index in [2.05, 4.69) is 10.4 Å². The quantitative estimate of drug-likeness (QED) is 0.164. The van der Waals surface area contributed by atoms with Crippen LogP contribution in [-0.4, -0.2) is 29.6 Å². The van der Waals surface area contributed by atoms with E-state index in [-0.39, 0.29) is 52.1 Å². The minimum absolute atomic E-state index is 0.0152. The summed E-state index contributed by atoms with van der Waals surface area (Å²) >= 11 is 5.89. The SMILES string of the molecule is COc1cc(NC(=O)CCc2ccc(C(F)(F)F)cc2)ccc1C(=NN)C(=O)c1ccc(O)c(Cl)c1. The summed E-state index contributed by atoms with van der Waals surface area (Å²) in [5.74, 6) is 4.57. The lowest BCUT2D eigenvalue weighted by Gasteiger charge is -2.13. The molecule has 3 rings (SSSR count). The normalized spacial score (nSPS) is 11.8. The fourth-order valence-corrected chi connectivity index (χ4v) is 3.52. The van der Waals surface area contributed by atoms with Crippen molar-refractivity contribution in [2.45, 2.75) is 19.0 Å². The monoisotopic (exact) mass is 519 g/mol. The Labute approximate surface area is 209 Å². The van der Waals surface area contributed by atoms with Gasteiger partial charge in [0.25, 0.3) is 0 Å². The van der Waals surface area contributed by atoms with E-state index in [4.69, 9.17) is 22.2 Å². The summed E-state index contributed by atoms with van der Waals surface area (Å²) in [5, 5.41) is 15.8. The first-order valence-electron chi connectivity index (χ1n) is 10.5. The second-order valence-electron chi connectivity index (χ2n) is 7.63. The molecular weight excluding hydrogens is 499 g/mol. The van der Waals surface area contributed by atoms with Crippen LogP contribution in [0, 0.1) is 0 Å². The number of nitrogens with one attached hydrogen (secondary N) is 1. The number of ether oxygens (including phenoxy) is 1. The van der Waals surface area contributed by atoms with Gasteiger partial charge >= 0.3 is 6.18 Å². The number of Topliss-reactive ketones (excluding diaryl/α,β-unsaturated/α-hetero) is 1. The van der Waals surface area contributed by atoms with E-state index in [1.165, 1.54) is 55.6 Å². The van der Waals surface area contributed by atoms with Crippen molar-refractivity contribution in [3.63, 3.8) is 0 Å². The van der Waals surface area contributed by atoms with Gasteiger partial charge in [-0.05, 0) is 54.4 Å². The number of rotatable bonds is 8. The maximum absolute atomic E-state index is 12.9. The number of aryl methyl sites for hydroxylation is 1. The molecule has 0 atom stereocenters. The molecule has 0 radical (unpaired) electrons. The predicted molar refractivity (Wildman–Crippen MR) is 130 cm³/mol. The Hall–Kier alpha value is -4.05. The number of amides is 1. The Bertz CT molecular complexity index is 1310. The maximum Gasteiger partial charge on any atom is 0.416 e. The maximum atomic E-state index is 12.9. The number of hydrogen-bond acceptors (Lipinski definition) is 6. The van der Waals surface area contributed by atoms with Gasteiger partial charge in [0.1, 0.15) is 17.2 Å². The van der Waals surface area contributed by atoms with Crippen molar-refractivity contribution < 1.29 is 32.6 Å². The number of alkyl halides is 3. The summed E-state index contributed by atoms with van der Waals surface area (Å²) in [6.07, 6.45) is -4.14. The van der Waals surface area contributed by atoms with Crippen LogP contribution < -0.4 is 15.9 Å². The summed E-state index contributed by atoms with van der Waals surface area (Å²) in [6.45, 7) is 0. The number of halogens is 4. The Morgan fingerprint density at radius 1 is 1.08 bits per heavy atom. The fourth-order valence-electron chi connectivity index (χ4n) is 3.34. The number of nitrogens with two attached hydrogens (primary N) is 1. The van der Waals surface area contributed by atoms with Gasteiger partial charge in [0.15, 0.2) is 0 Å². The highest BCUT2D eigenvalue weighted by molar-refractivity contribution is 6.52. The number of ketones is 1. The smallest absolute Gasteiger partial charge is 0.416 e. The number of phenolic OH excluding ortho intramolecular Hbond substituents is 1. The molecule has 0 saturated heterocycles. The molecular formula is C25H21ClF3N3O4. The van der Waals surface area contributed by atoms with Crippen LogP contribution in [0.4, 0.5) is 18.9 Å². The van der Waals surface area contributed by atoms with E-state index in [0.717, 1.165) is 12.1 Å². The highest BCUT2D eigenvalue weighted by Gasteiger charge is 2.30. The van der Waals surface area contributed by atoms with Crippen molar-refractivity contribution >= 4 is 34.7 Å². The van der Waals surface area contributed by atoms with Crippen molar-refractivity contribution in [2.24, 2.45) is 10.9 Å². The molecule has 11 heteroatoms. The van der Waals surface area contributed by atoms with E-state index < -0.39 is 17.5 Å². The number of carbonyl (C=O) groups is 2. The van der Waals surface area contributed by atoms with Gasteiger partial charge in [-0.3, -0.25) is 9.59 Å². The molecule has 0 aliphatic heterocycles. The summed E-state index contributed by atoms with van der Waals surface area (Å²) in [5.41, 5.74) is 0.470. The van der Waals surface area contributed by atoms with Gasteiger partial charge in [-0.25, -0.2) is 0 Å². The van der Waals surface area contributed by atoms with Crippen LogP contribution in [0.2, 0.25) is 5.02 Å². The Balaban J connectivity index is 1.70. The van der Waals surface area contributed by atoms with Gasteiger partial charge < -0.3 is 21.0 Å². The summed E-state index contributed by atoms with van der Waals surface area (Å²) in [6, 6.07) is 13.0. The molecule has 0 aliphatic carbocycles. The average molecular weight is 520 g/mol. The molecule has 0 spiro atoms. The van der Waals surface area contributed by atoms with Crippen LogP contribution in [0.25, 0.3) is 0 Å². The van der Waals surface area contributed by atoms with Crippen LogP contribution >= 0.6 is 11.6 Å². The number of methoxy groups -OCH3 is 1. The minimum atomic E-state index is -4.42. The van der Waals surface area contributed by atoms with Crippen molar-refractivity contribution in [2.75, 3.05) is 12.4 Å². The van der Waals surface area contributed by atoms with Crippen LogP contribution in [0.3, 0.4) is 0 Å². The molecule has 188 valence electrons. The van der Waals surface area contributed by atoms with Crippen LogP contribution in [0.1, 0.15) is 33.5 Å². The third kappa shape index (κ3) is 6.33. The molecule has 0 unspecified atom stereocenters. The third-order valence-corrected chi connectivity index (χ3v) is 5.52. The number of hydrogen-bond donors (Lipinski definition) is 3. The molecule has 0 aliphatic rings. The second kappa shape index (κ2) is 11.1. The first-order chi connectivity index (χ1) is 17.0. The number of anilines is 1. The number of nitrogens with zero attached hydrogens (tertiary/aromatic N) is 1. The summed E-state index contributed by atoms with van der Waals surface area (Å²) in [7, 11) is 1.37. The first kappa shape index (κ1) is 26.6. The van der Waals surface area contributed by atoms with E-state index in [9.17, 15) is 27.9 Å². The van der Waals surface area contributed by atoms with Crippen LogP contribution in [0.5, 0.6) is 11.5 Å². The van der Waals surface area contributed by atoms with Crippen molar-refractivity contribution in [3.05, 3.63) is 87.9 Å². The molecule has 0 aromatic heterocycles. The largest absolute Gasteiger partial charge is 0.506 e. The van der Waals surface area contributed by atoms with Crippen LogP contribution in [0.15, 0.2) is 65.8 Å². The molecule has 1 amide bonds. The summed E-state index contributed by atoms with van der Waals surface area (Å²) in [4.78, 5) is 25.3. The lowest BCUT2D eigenvalue weighted by molar-refractivity contribution is -0.137. The highest BCUT2D eigenvalue weighted by atomic mass is 35.5. The lowest BCUT2D eigenvalue weighted by Crippen LogP contribution is -2.19. The molecule has 7 nitrogen and oxygen atoms in total. The van der Waals surface area contributed by atoms with Crippen molar-refractivity contribution in [3.8, 4) is 11.5 Å². The highest BCUT2D eigenvalue weighted by Crippen LogP contribution is 2.30. The van der Waals surface area contributed by atoms with E-state index in [1.54, 1.807) is 0 Å². The Kier molecular flexibility index (Phi) is 8.21. The van der Waals surface area contributed by atoms with E-state index >= 15 is 0 Å². The Morgan fingerprint density at radius 2 is 1.78 bits per heavy atom. The molecule has 3 aromatic carbocycles. The van der Waals surface area contributed by atoms with Gasteiger partial charge in [0.05, 0.1) is 17.7 Å². The second-order valence-corrected chi connectivity index (χ2v) is 8.04. The summed E-state index contributed by atoms with van der Waals surface area (Å²) < 4.78 is 43.4. The van der Waals surface area contributed by atoms with Crippen molar-refractivity contribution in [1.82, 2.24) is 0 Å². The average Bonchev–Trinajstić information content (AvgIpc) is 2.85. The fraction of sp³-hybridized carbons (Fsp3) is 0.160. The molecule has 3 aromatic rings. The number of carbonyl (C=O) groups excluding carboxylic acids is 2. The minimum Gasteiger partial charge on any atom is -0.506 e. The van der Waals surface area contributed by atoms with Gasteiger partial charge in [0.2, 0.25) is 11.7 Å². The number of hydrazone groups is 1. The molecule has 0 bridgehead atoms. The number of phenols is 1. The molecule has 0 fully saturated rings. The lowest BCUT2D eigenvalue weighted by atomic mass is 9.99. The molecule has 4 N–H and O–H groups in total. The van der Waals surface area contributed by atoms with E-state index in [1.807, 2.05) is 0 Å². The van der Waals surface area contributed by atoms with E-state index in [0.29, 0.717) is 11.3 Å². The molecule has 0 heterocycles. The first-order valence-corrected chi connectivity index (χ1v) is 10.9. The zero-order valence-electron chi connectivity index (χ0n) is 18.9. The zero-order chi connectivity index (χ0) is 26.5. The number of aromatic hydroxyl groups is 1. The van der Waals surface area contributed by atoms with Gasteiger partial charge in [-0.15, -0.1) is 0 Å². The molecule has 36 heavy (non-hydrogen) atoms. The topological polar surface area (TPSA) is 114 Å². The molecule has 0 saturated carbocycles. The third-order valence-electron chi connectivity index (χ3n) is 5.22. The van der Waals surface area contributed by atoms with Crippen LogP contribution in [-0.2, 0) is 17.4 Å². The Morgan fingerprint density at radius 3 is 2.36 bits per heavy atom. The standard InChI is InChI=1S/C25H21ClF3N3O4/c1-36-21-13-17(31-22(34)11-4-14-2-6-16(7-3-14)25(27,28)29)8-9-18(21)23(32-30)24(35)15-5-10-20(33)19(26)12-15/h2-3,5-10,12-13,33H,4,11,30H2,1H3,(H,31,34). The predicted octanol–water partition coefficient (Wildman–Crippen LogP) is 5.19. The van der Waals surface area contributed by atoms with Gasteiger partial charge in [-0.1, -0.05) is 23.7 Å². The van der Waals surface area contributed by atoms with Crippen molar-refractivity contribution in [1.29, 1.82) is 0 Å². The van der Waals surface area contributed by atoms with Gasteiger partial charge in [-0.2, -0.15) is 18.3 Å².